The molecule has 0 atom stereocenters. The van der Waals surface area contributed by atoms with E-state index >= 15 is 0 Å². The van der Waals surface area contributed by atoms with E-state index in [1.165, 1.54) is 0 Å². The zero-order valence-electron chi connectivity index (χ0n) is 18.6. The van der Waals surface area contributed by atoms with Gasteiger partial charge in [-0.25, -0.2) is 0 Å². The number of hydrogen-bond acceptors (Lipinski definition) is 2. The predicted octanol–water partition coefficient (Wildman–Crippen LogP) is -5.16. The summed E-state index contributed by atoms with van der Waals surface area (Å²) in [5.74, 6) is 0. The van der Waals surface area contributed by atoms with Crippen LogP contribution in [0.3, 0.4) is 0 Å². The van der Waals surface area contributed by atoms with Crippen molar-refractivity contribution in [3.63, 3.8) is 0 Å². The fourth-order valence-electron chi connectivity index (χ4n) is 4.96. The molecule has 35 heavy (non-hydrogen) atoms. The molecule has 11 heteroatoms. The van der Waals surface area contributed by atoms with Crippen molar-refractivity contribution in [2.24, 2.45) is 0 Å². The standard InChI is InChI=1S/C24H9B9O2/c25-16-12-11(10-7-3-5-8-4-1-2-6-9(8)10)13-15(19(28)23(32)21(30)17(13)26)24(33(34)35)14(12)18(27)22(31)20(16)29/h1-7,34-35H. The average molecular weight is 427 g/mol. The van der Waals surface area contributed by atoms with Gasteiger partial charge >= 0.3 is 7.12 Å². The summed E-state index contributed by atoms with van der Waals surface area (Å²) >= 11 is 0. The molecule has 0 aromatic heterocycles. The molecule has 0 heterocycles. The predicted molar refractivity (Wildman–Crippen MR) is 157 cm³/mol. The first-order valence-electron chi connectivity index (χ1n) is 10.7. The van der Waals surface area contributed by atoms with Crippen molar-refractivity contribution < 1.29 is 10.0 Å². The maximum Gasteiger partial charge on any atom is 0.489 e. The van der Waals surface area contributed by atoms with Crippen LogP contribution >= 0.6 is 0 Å². The van der Waals surface area contributed by atoms with E-state index < -0.39 is 7.12 Å². The van der Waals surface area contributed by atoms with Gasteiger partial charge in [-0.2, -0.15) is 0 Å². The number of fused-ring (bicyclic) bond motifs is 3. The summed E-state index contributed by atoms with van der Waals surface area (Å²) in [5.41, 5.74) is 1.58. The van der Waals surface area contributed by atoms with Crippen LogP contribution in [0.5, 0.6) is 0 Å². The molecule has 0 fully saturated rings. The Balaban J connectivity index is 2.26. The fraction of sp³-hybridized carbons (Fsp3) is 0. The summed E-state index contributed by atoms with van der Waals surface area (Å²) in [7, 11) is 48.7. The summed E-state index contributed by atoms with van der Waals surface area (Å²) in [5, 5.41) is 23.9. The second kappa shape index (κ2) is 8.50. The quantitative estimate of drug-likeness (QED) is 0.219. The molecule has 0 saturated carbocycles. The Morgan fingerprint density at radius 3 is 1.40 bits per heavy atom. The zero-order chi connectivity index (χ0) is 25.3. The lowest BCUT2D eigenvalue weighted by atomic mass is 9.56. The first-order chi connectivity index (χ1) is 16.6. The van der Waals surface area contributed by atoms with Crippen molar-refractivity contribution >= 4 is 151 Å². The fourth-order valence-corrected chi connectivity index (χ4v) is 4.96. The molecular weight excluding hydrogens is 418 g/mol. The van der Waals surface area contributed by atoms with Gasteiger partial charge < -0.3 is 10.0 Å². The maximum atomic E-state index is 10.5. The third kappa shape index (κ3) is 3.32. The molecule has 0 saturated heterocycles. The third-order valence-electron chi connectivity index (χ3n) is 6.67. The van der Waals surface area contributed by atoms with E-state index in [0.29, 0.717) is 16.3 Å². The van der Waals surface area contributed by atoms with Crippen LogP contribution < -0.4 is 49.2 Å². The van der Waals surface area contributed by atoms with E-state index in [1.807, 2.05) is 42.5 Å². The van der Waals surface area contributed by atoms with E-state index in [2.05, 4.69) is 0 Å². The summed E-state index contributed by atoms with van der Waals surface area (Å²) in [4.78, 5) is 0. The lowest BCUT2D eigenvalue weighted by Crippen LogP contribution is -2.53. The van der Waals surface area contributed by atoms with Crippen molar-refractivity contribution in [3.05, 3.63) is 42.5 Å². The van der Waals surface area contributed by atoms with Crippen molar-refractivity contribution in [2.75, 3.05) is 0 Å². The van der Waals surface area contributed by atoms with Gasteiger partial charge in [0, 0.05) is 0 Å². The van der Waals surface area contributed by atoms with E-state index in [-0.39, 0.29) is 59.9 Å². The van der Waals surface area contributed by atoms with Crippen LogP contribution in [-0.2, 0) is 0 Å². The summed E-state index contributed by atoms with van der Waals surface area (Å²) in [6, 6.07) is 13.4. The largest absolute Gasteiger partial charge is 0.489 e. The molecule has 16 radical (unpaired) electrons. The van der Waals surface area contributed by atoms with Crippen LogP contribution in [-0.4, -0.2) is 79.9 Å². The lowest BCUT2D eigenvalue weighted by Gasteiger charge is -2.28. The van der Waals surface area contributed by atoms with Crippen LogP contribution in [0.4, 0.5) is 0 Å². The molecular formula is C24H9B9O2. The highest BCUT2D eigenvalue weighted by atomic mass is 16.4. The SMILES string of the molecule is [B]c1c([B])c([B])c2c(-c3cccc4ccccc34)c3c([B])c([B])c([B])c([B])c3c(B(O)O)c2c1[B]. The van der Waals surface area contributed by atoms with Crippen molar-refractivity contribution in [1.29, 1.82) is 0 Å². The Bertz CT molecular complexity index is 1630. The molecule has 2 nitrogen and oxygen atoms in total. The highest BCUT2D eigenvalue weighted by molar-refractivity contribution is 6.77. The Morgan fingerprint density at radius 2 is 0.914 bits per heavy atom. The molecule has 5 rings (SSSR count). The smallest absolute Gasteiger partial charge is 0.423 e. The second-order valence-corrected chi connectivity index (χ2v) is 8.50. The Hall–Kier alpha value is -2.62. The summed E-state index contributed by atoms with van der Waals surface area (Å²) in [6.45, 7) is 0. The van der Waals surface area contributed by atoms with Crippen LogP contribution in [0.1, 0.15) is 0 Å². The number of rotatable bonds is 2. The van der Waals surface area contributed by atoms with Gasteiger partial charge in [0.2, 0.25) is 0 Å². The van der Waals surface area contributed by atoms with Crippen LogP contribution in [0.25, 0.3) is 43.4 Å². The first kappa shape index (κ1) is 24.1. The van der Waals surface area contributed by atoms with Crippen molar-refractivity contribution in [3.8, 4) is 11.1 Å². The Labute approximate surface area is 214 Å². The van der Waals surface area contributed by atoms with E-state index in [1.54, 1.807) is 0 Å². The molecule has 0 spiro atoms. The van der Waals surface area contributed by atoms with E-state index in [9.17, 15) is 10.0 Å². The summed E-state index contributed by atoms with van der Waals surface area (Å²) < 4.78 is 0. The number of hydrogen-bond donors (Lipinski definition) is 2. The molecule has 0 aliphatic heterocycles. The first-order valence-corrected chi connectivity index (χ1v) is 10.7. The molecule has 0 unspecified atom stereocenters. The van der Waals surface area contributed by atoms with Gasteiger partial charge in [-0.15, -0.1) is 21.9 Å². The minimum atomic E-state index is -2.03. The van der Waals surface area contributed by atoms with Gasteiger partial charge in [-0.1, -0.05) is 64.3 Å². The zero-order valence-corrected chi connectivity index (χ0v) is 18.6. The normalized spacial score (nSPS) is 11.5. The molecule has 144 valence electrons. The minimum absolute atomic E-state index is 0.00933. The van der Waals surface area contributed by atoms with Gasteiger partial charge in [0.1, 0.15) is 62.8 Å². The maximum absolute atomic E-state index is 10.5. The van der Waals surface area contributed by atoms with Gasteiger partial charge in [0.05, 0.1) is 0 Å². The topological polar surface area (TPSA) is 40.5 Å². The monoisotopic (exact) mass is 428 g/mol. The Kier molecular flexibility index (Phi) is 5.85. The highest BCUT2D eigenvalue weighted by Crippen LogP contribution is 2.36. The average Bonchev–Trinajstić information content (AvgIpc) is 2.86. The van der Waals surface area contributed by atoms with Crippen LogP contribution in [0.2, 0.25) is 0 Å². The van der Waals surface area contributed by atoms with Gasteiger partial charge in [0.15, 0.2) is 0 Å². The molecule has 0 bridgehead atoms. The van der Waals surface area contributed by atoms with Gasteiger partial charge in [-0.3, -0.25) is 0 Å². The Morgan fingerprint density at radius 1 is 0.486 bits per heavy atom. The van der Waals surface area contributed by atoms with Crippen LogP contribution in [0, 0.1) is 0 Å². The molecule has 0 aliphatic carbocycles. The van der Waals surface area contributed by atoms with Gasteiger partial charge in [0.25, 0.3) is 0 Å². The minimum Gasteiger partial charge on any atom is -0.423 e. The second-order valence-electron chi connectivity index (χ2n) is 8.50. The number of benzene rings is 5. The van der Waals surface area contributed by atoms with Crippen LogP contribution in [0.15, 0.2) is 42.5 Å². The molecule has 2 N–H and O–H groups in total. The van der Waals surface area contributed by atoms with Crippen molar-refractivity contribution in [1.82, 2.24) is 0 Å². The molecule has 0 aliphatic rings. The van der Waals surface area contributed by atoms with E-state index in [4.69, 9.17) is 62.8 Å². The highest BCUT2D eigenvalue weighted by Gasteiger charge is 2.28. The molecule has 0 amide bonds. The van der Waals surface area contributed by atoms with Crippen molar-refractivity contribution in [2.45, 2.75) is 0 Å². The molecule has 5 aromatic rings. The third-order valence-corrected chi connectivity index (χ3v) is 6.67. The van der Waals surface area contributed by atoms with E-state index in [0.717, 1.165) is 16.3 Å². The lowest BCUT2D eigenvalue weighted by molar-refractivity contribution is 0.426. The molecule has 5 aromatic carbocycles. The van der Waals surface area contributed by atoms with Gasteiger partial charge in [-0.05, 0) is 48.9 Å². The summed E-state index contributed by atoms with van der Waals surface area (Å²) in [6.07, 6.45) is 0.